The van der Waals surface area contributed by atoms with E-state index in [0.717, 1.165) is 22.5 Å². The summed E-state index contributed by atoms with van der Waals surface area (Å²) in [6.45, 7) is 6.29. The number of imidazole rings is 1. The van der Waals surface area contributed by atoms with Crippen LogP contribution in [0, 0.1) is 0 Å². The quantitative estimate of drug-likeness (QED) is 0.687. The molecule has 1 aromatic heterocycles. The van der Waals surface area contributed by atoms with E-state index in [1.807, 2.05) is 42.7 Å². The maximum atomic E-state index is 9.96. The summed E-state index contributed by atoms with van der Waals surface area (Å²) in [5, 5.41) is 9.96. The molecule has 3 N–H and O–H groups in total. The van der Waals surface area contributed by atoms with Crippen molar-refractivity contribution in [2.24, 2.45) is 5.73 Å². The number of allylic oxidation sites excluding steroid dienone is 1. The minimum Gasteiger partial charge on any atom is -0.402 e. The summed E-state index contributed by atoms with van der Waals surface area (Å²) in [5.74, 6) is 0. The molecule has 0 radical (unpaired) electrons. The van der Waals surface area contributed by atoms with Crippen molar-refractivity contribution in [3.05, 3.63) is 90.0 Å². The van der Waals surface area contributed by atoms with E-state index in [1.54, 1.807) is 6.92 Å². The second-order valence-corrected chi connectivity index (χ2v) is 6.74. The molecule has 134 valence electrons. The summed E-state index contributed by atoms with van der Waals surface area (Å²) in [6.07, 6.45) is 2.66. The van der Waals surface area contributed by atoms with Crippen molar-refractivity contribution in [3.8, 4) is 11.3 Å². The van der Waals surface area contributed by atoms with Crippen LogP contribution in [0.2, 0.25) is 0 Å². The SMILES string of the molecule is C=C(N)Cc1cccc(Cn2cnc(-c3ccccc3)c2CC(C)O)c1. The molecule has 0 aliphatic rings. The van der Waals surface area contributed by atoms with Crippen molar-refractivity contribution in [3.63, 3.8) is 0 Å². The Morgan fingerprint density at radius 1 is 1.15 bits per heavy atom. The monoisotopic (exact) mass is 347 g/mol. The molecule has 0 aliphatic carbocycles. The van der Waals surface area contributed by atoms with Gasteiger partial charge in [0.2, 0.25) is 0 Å². The van der Waals surface area contributed by atoms with Gasteiger partial charge >= 0.3 is 0 Å². The molecule has 26 heavy (non-hydrogen) atoms. The highest BCUT2D eigenvalue weighted by atomic mass is 16.3. The zero-order valence-electron chi connectivity index (χ0n) is 15.1. The number of nitrogens with zero attached hydrogens (tertiary/aromatic N) is 2. The molecular formula is C22H25N3O. The van der Waals surface area contributed by atoms with Gasteiger partial charge in [0.1, 0.15) is 0 Å². The standard InChI is InChI=1S/C22H25N3O/c1-16(23)11-18-7-6-8-19(13-18)14-25-15-24-22(21(25)12-17(2)26)20-9-4-3-5-10-20/h3-10,13,15,17,26H,1,11-12,14,23H2,2H3. The van der Waals surface area contributed by atoms with Gasteiger partial charge < -0.3 is 15.4 Å². The van der Waals surface area contributed by atoms with Crippen LogP contribution in [0.4, 0.5) is 0 Å². The Morgan fingerprint density at radius 2 is 1.88 bits per heavy atom. The van der Waals surface area contributed by atoms with E-state index in [0.29, 0.717) is 25.1 Å². The number of nitrogens with two attached hydrogens (primary N) is 1. The summed E-state index contributed by atoms with van der Waals surface area (Å²) < 4.78 is 2.12. The van der Waals surface area contributed by atoms with Crippen molar-refractivity contribution >= 4 is 0 Å². The minimum atomic E-state index is -0.431. The van der Waals surface area contributed by atoms with E-state index >= 15 is 0 Å². The summed E-state index contributed by atoms with van der Waals surface area (Å²) in [4.78, 5) is 4.62. The fraction of sp³-hybridized carbons (Fsp3) is 0.227. The average molecular weight is 347 g/mol. The van der Waals surface area contributed by atoms with Crippen molar-refractivity contribution in [2.45, 2.75) is 32.4 Å². The average Bonchev–Trinajstić information content (AvgIpc) is 2.97. The Labute approximate surface area is 154 Å². The third kappa shape index (κ3) is 4.41. The second kappa shape index (κ2) is 8.02. The molecule has 0 saturated carbocycles. The largest absolute Gasteiger partial charge is 0.402 e. The number of aliphatic hydroxyl groups is 1. The van der Waals surface area contributed by atoms with Crippen LogP contribution in [0.25, 0.3) is 11.3 Å². The van der Waals surface area contributed by atoms with Crippen molar-refractivity contribution in [1.82, 2.24) is 9.55 Å². The fourth-order valence-corrected chi connectivity index (χ4v) is 3.17. The number of aliphatic hydroxyl groups excluding tert-OH is 1. The molecule has 1 atom stereocenters. The highest BCUT2D eigenvalue weighted by Gasteiger charge is 2.15. The van der Waals surface area contributed by atoms with E-state index in [1.165, 1.54) is 5.56 Å². The van der Waals surface area contributed by atoms with Crippen LogP contribution in [-0.2, 0) is 19.4 Å². The molecule has 2 aromatic carbocycles. The van der Waals surface area contributed by atoms with Crippen LogP contribution < -0.4 is 5.73 Å². The lowest BCUT2D eigenvalue weighted by molar-refractivity contribution is 0.193. The predicted molar refractivity (Wildman–Crippen MR) is 106 cm³/mol. The van der Waals surface area contributed by atoms with Crippen molar-refractivity contribution < 1.29 is 5.11 Å². The fourth-order valence-electron chi connectivity index (χ4n) is 3.17. The van der Waals surface area contributed by atoms with Crippen LogP contribution in [-0.4, -0.2) is 20.8 Å². The van der Waals surface area contributed by atoms with Gasteiger partial charge in [-0.05, 0) is 18.1 Å². The number of benzene rings is 2. The molecule has 0 spiro atoms. The Balaban J connectivity index is 1.93. The first-order valence-electron chi connectivity index (χ1n) is 8.81. The lowest BCUT2D eigenvalue weighted by Gasteiger charge is -2.13. The summed E-state index contributed by atoms with van der Waals surface area (Å²) >= 11 is 0. The molecule has 4 nitrogen and oxygen atoms in total. The van der Waals surface area contributed by atoms with Crippen LogP contribution in [0.1, 0.15) is 23.7 Å². The van der Waals surface area contributed by atoms with Gasteiger partial charge in [0.15, 0.2) is 0 Å². The van der Waals surface area contributed by atoms with Gasteiger partial charge in [-0.3, -0.25) is 0 Å². The second-order valence-electron chi connectivity index (χ2n) is 6.74. The summed E-state index contributed by atoms with van der Waals surface area (Å²) in [5.41, 5.74) is 11.8. The first-order chi connectivity index (χ1) is 12.5. The van der Waals surface area contributed by atoms with E-state index in [9.17, 15) is 5.11 Å². The van der Waals surface area contributed by atoms with Crippen molar-refractivity contribution in [1.29, 1.82) is 0 Å². The lowest BCUT2D eigenvalue weighted by Crippen LogP contribution is -2.12. The number of aromatic nitrogens is 2. The normalized spacial score (nSPS) is 12.1. The van der Waals surface area contributed by atoms with Crippen LogP contribution in [0.3, 0.4) is 0 Å². The molecule has 3 rings (SSSR count). The van der Waals surface area contributed by atoms with Gasteiger partial charge in [0, 0.05) is 36.3 Å². The summed E-state index contributed by atoms with van der Waals surface area (Å²) in [7, 11) is 0. The first kappa shape index (κ1) is 18.0. The third-order valence-corrected chi connectivity index (χ3v) is 4.26. The third-order valence-electron chi connectivity index (χ3n) is 4.26. The van der Waals surface area contributed by atoms with Gasteiger partial charge in [0.05, 0.1) is 18.1 Å². The zero-order chi connectivity index (χ0) is 18.5. The van der Waals surface area contributed by atoms with Crippen LogP contribution >= 0.6 is 0 Å². The number of hydrogen-bond donors (Lipinski definition) is 2. The Kier molecular flexibility index (Phi) is 5.54. The molecule has 0 bridgehead atoms. The Hall–Kier alpha value is -2.85. The van der Waals surface area contributed by atoms with Gasteiger partial charge in [-0.25, -0.2) is 4.98 Å². The Morgan fingerprint density at radius 3 is 2.58 bits per heavy atom. The smallest absolute Gasteiger partial charge is 0.0959 e. The lowest BCUT2D eigenvalue weighted by atomic mass is 10.1. The Bertz CT molecular complexity index is 881. The van der Waals surface area contributed by atoms with Gasteiger partial charge in [-0.2, -0.15) is 0 Å². The topological polar surface area (TPSA) is 64.1 Å². The zero-order valence-corrected chi connectivity index (χ0v) is 15.1. The maximum Gasteiger partial charge on any atom is 0.0959 e. The molecule has 0 fully saturated rings. The minimum absolute atomic E-state index is 0.431. The first-order valence-corrected chi connectivity index (χ1v) is 8.81. The van der Waals surface area contributed by atoms with Gasteiger partial charge in [-0.15, -0.1) is 0 Å². The number of hydrogen-bond acceptors (Lipinski definition) is 3. The van der Waals surface area contributed by atoms with E-state index in [-0.39, 0.29) is 0 Å². The molecule has 1 unspecified atom stereocenters. The van der Waals surface area contributed by atoms with Crippen molar-refractivity contribution in [2.75, 3.05) is 0 Å². The summed E-state index contributed by atoms with van der Waals surface area (Å²) in [6, 6.07) is 18.4. The van der Waals surface area contributed by atoms with Crippen LogP contribution in [0.15, 0.2) is 73.2 Å². The van der Waals surface area contributed by atoms with E-state index in [2.05, 4.69) is 34.3 Å². The maximum absolute atomic E-state index is 9.96. The van der Waals surface area contributed by atoms with Crippen LogP contribution in [0.5, 0.6) is 0 Å². The molecule has 0 aliphatic heterocycles. The highest BCUT2D eigenvalue weighted by molar-refractivity contribution is 5.62. The van der Waals surface area contributed by atoms with E-state index < -0.39 is 6.10 Å². The molecule has 0 saturated heterocycles. The molecular weight excluding hydrogens is 322 g/mol. The molecule has 0 amide bonds. The molecule has 1 heterocycles. The van der Waals surface area contributed by atoms with Gasteiger partial charge in [-0.1, -0.05) is 61.2 Å². The molecule has 4 heteroatoms. The highest BCUT2D eigenvalue weighted by Crippen LogP contribution is 2.24. The van der Waals surface area contributed by atoms with E-state index in [4.69, 9.17) is 5.73 Å². The van der Waals surface area contributed by atoms with Gasteiger partial charge in [0.25, 0.3) is 0 Å². The predicted octanol–water partition coefficient (Wildman–Crippen LogP) is 3.54. The number of rotatable bonds is 7. The molecule has 3 aromatic rings.